The summed E-state index contributed by atoms with van der Waals surface area (Å²) in [4.78, 5) is 10.8. The van der Waals surface area contributed by atoms with Crippen LogP contribution in [0.15, 0.2) is 0 Å². The molecule has 0 spiro atoms. The first-order valence-electron chi connectivity index (χ1n) is 3.71. The van der Waals surface area contributed by atoms with E-state index in [1.807, 2.05) is 6.92 Å². The fraction of sp³-hybridized carbons (Fsp3) is 0.857. The zero-order chi connectivity index (χ0) is 7.98. The number of hydrogen-bond acceptors (Lipinski definition) is 2. The molecule has 0 saturated heterocycles. The standard InChI is InChI=1S/C7H15NO2/c1-3-5-6-7(9)8(10)4-2/h10H,3-6H2,1-2H3. The molecule has 0 atom stereocenters. The van der Waals surface area contributed by atoms with Crippen molar-refractivity contribution in [3.8, 4) is 0 Å². The Morgan fingerprint density at radius 1 is 1.50 bits per heavy atom. The Hall–Kier alpha value is -0.570. The molecule has 60 valence electrons. The number of rotatable bonds is 4. The fourth-order valence-electron chi connectivity index (χ4n) is 0.633. The van der Waals surface area contributed by atoms with Crippen LogP contribution in [-0.4, -0.2) is 22.7 Å². The molecule has 0 aliphatic carbocycles. The van der Waals surface area contributed by atoms with Crippen molar-refractivity contribution in [2.75, 3.05) is 6.54 Å². The van der Waals surface area contributed by atoms with E-state index in [-0.39, 0.29) is 5.91 Å². The lowest BCUT2D eigenvalue weighted by Gasteiger charge is -2.10. The van der Waals surface area contributed by atoms with Gasteiger partial charge in [-0.25, -0.2) is 5.06 Å². The maximum absolute atomic E-state index is 10.8. The van der Waals surface area contributed by atoms with Gasteiger partial charge in [0.25, 0.3) is 0 Å². The van der Waals surface area contributed by atoms with Crippen LogP contribution in [-0.2, 0) is 4.79 Å². The van der Waals surface area contributed by atoms with Crippen molar-refractivity contribution >= 4 is 5.91 Å². The molecule has 0 rings (SSSR count). The second-order valence-corrected chi connectivity index (χ2v) is 2.21. The lowest BCUT2D eigenvalue weighted by molar-refractivity contribution is -0.164. The Labute approximate surface area is 61.6 Å². The van der Waals surface area contributed by atoms with Crippen molar-refractivity contribution < 1.29 is 10.0 Å². The van der Waals surface area contributed by atoms with Crippen LogP contribution in [0.25, 0.3) is 0 Å². The van der Waals surface area contributed by atoms with Gasteiger partial charge in [0.05, 0.1) is 0 Å². The van der Waals surface area contributed by atoms with Crippen LogP contribution in [0.5, 0.6) is 0 Å². The molecular formula is C7H15NO2. The molecule has 0 bridgehead atoms. The summed E-state index contributed by atoms with van der Waals surface area (Å²) < 4.78 is 0. The molecule has 0 heterocycles. The van der Waals surface area contributed by atoms with E-state index in [2.05, 4.69) is 0 Å². The Morgan fingerprint density at radius 3 is 2.50 bits per heavy atom. The third-order valence-electron chi connectivity index (χ3n) is 1.33. The summed E-state index contributed by atoms with van der Waals surface area (Å²) in [6.07, 6.45) is 2.31. The summed E-state index contributed by atoms with van der Waals surface area (Å²) in [5.41, 5.74) is 0. The smallest absolute Gasteiger partial charge is 0.245 e. The molecule has 1 N–H and O–H groups in total. The molecule has 0 aliphatic rings. The highest BCUT2D eigenvalue weighted by atomic mass is 16.5. The van der Waals surface area contributed by atoms with Crippen molar-refractivity contribution in [1.29, 1.82) is 0 Å². The molecule has 0 fully saturated rings. The minimum Gasteiger partial charge on any atom is -0.286 e. The van der Waals surface area contributed by atoms with Gasteiger partial charge in [0.1, 0.15) is 0 Å². The third kappa shape index (κ3) is 3.45. The normalized spacial score (nSPS) is 9.50. The van der Waals surface area contributed by atoms with E-state index in [0.29, 0.717) is 13.0 Å². The molecule has 0 aliphatic heterocycles. The lowest BCUT2D eigenvalue weighted by Crippen LogP contribution is -2.26. The summed E-state index contributed by atoms with van der Waals surface area (Å²) >= 11 is 0. The van der Waals surface area contributed by atoms with Crippen LogP contribution in [0.1, 0.15) is 33.1 Å². The number of amides is 1. The van der Waals surface area contributed by atoms with Gasteiger partial charge in [-0.05, 0) is 13.3 Å². The Morgan fingerprint density at radius 2 is 2.10 bits per heavy atom. The molecule has 0 saturated carbocycles. The monoisotopic (exact) mass is 145 g/mol. The van der Waals surface area contributed by atoms with E-state index in [1.54, 1.807) is 6.92 Å². The molecule has 1 amide bonds. The highest BCUT2D eigenvalue weighted by Crippen LogP contribution is 1.97. The molecular weight excluding hydrogens is 130 g/mol. The summed E-state index contributed by atoms with van der Waals surface area (Å²) in [6, 6.07) is 0. The minimum atomic E-state index is -0.177. The number of carbonyl (C=O) groups is 1. The predicted octanol–water partition coefficient (Wildman–Crippen LogP) is 1.41. The van der Waals surface area contributed by atoms with Gasteiger partial charge in [0.2, 0.25) is 5.91 Å². The van der Waals surface area contributed by atoms with Crippen molar-refractivity contribution in [3.63, 3.8) is 0 Å². The largest absolute Gasteiger partial charge is 0.286 e. The molecule has 3 heteroatoms. The number of hydroxylamine groups is 2. The Bertz CT molecular complexity index is 104. The number of carbonyl (C=O) groups excluding carboxylic acids is 1. The van der Waals surface area contributed by atoms with E-state index in [4.69, 9.17) is 5.21 Å². The number of unbranched alkanes of at least 4 members (excludes halogenated alkanes) is 1. The van der Waals surface area contributed by atoms with E-state index in [1.165, 1.54) is 0 Å². The zero-order valence-electron chi connectivity index (χ0n) is 6.63. The van der Waals surface area contributed by atoms with E-state index >= 15 is 0 Å². The average molecular weight is 145 g/mol. The molecule has 3 nitrogen and oxygen atoms in total. The summed E-state index contributed by atoms with van der Waals surface area (Å²) in [5.74, 6) is -0.177. The molecule has 0 aromatic carbocycles. The Kier molecular flexibility index (Phi) is 4.94. The zero-order valence-corrected chi connectivity index (χ0v) is 6.63. The maximum Gasteiger partial charge on any atom is 0.245 e. The molecule has 0 aromatic heterocycles. The van der Waals surface area contributed by atoms with Crippen LogP contribution in [0.2, 0.25) is 0 Å². The first-order chi connectivity index (χ1) is 4.72. The highest BCUT2D eigenvalue weighted by molar-refractivity contribution is 5.74. The summed E-state index contributed by atoms with van der Waals surface area (Å²) in [5, 5.41) is 9.60. The second kappa shape index (κ2) is 5.23. The molecule has 10 heavy (non-hydrogen) atoms. The van der Waals surface area contributed by atoms with Gasteiger partial charge >= 0.3 is 0 Å². The first-order valence-corrected chi connectivity index (χ1v) is 3.71. The van der Waals surface area contributed by atoms with Gasteiger partial charge in [-0.1, -0.05) is 13.3 Å². The van der Waals surface area contributed by atoms with Crippen molar-refractivity contribution in [2.24, 2.45) is 0 Å². The Balaban J connectivity index is 3.42. The number of hydrogen-bond donors (Lipinski definition) is 1. The highest BCUT2D eigenvalue weighted by Gasteiger charge is 2.05. The number of nitrogens with zero attached hydrogens (tertiary/aromatic N) is 1. The van der Waals surface area contributed by atoms with Crippen molar-refractivity contribution in [3.05, 3.63) is 0 Å². The first kappa shape index (κ1) is 9.43. The van der Waals surface area contributed by atoms with Crippen LogP contribution < -0.4 is 0 Å². The van der Waals surface area contributed by atoms with E-state index in [0.717, 1.165) is 17.9 Å². The summed E-state index contributed by atoms with van der Waals surface area (Å²) in [7, 11) is 0. The van der Waals surface area contributed by atoms with Gasteiger partial charge in [0.15, 0.2) is 0 Å². The van der Waals surface area contributed by atoms with Gasteiger partial charge < -0.3 is 0 Å². The third-order valence-corrected chi connectivity index (χ3v) is 1.33. The van der Waals surface area contributed by atoms with E-state index < -0.39 is 0 Å². The van der Waals surface area contributed by atoms with Crippen molar-refractivity contribution in [2.45, 2.75) is 33.1 Å². The van der Waals surface area contributed by atoms with Crippen molar-refractivity contribution in [1.82, 2.24) is 5.06 Å². The summed E-state index contributed by atoms with van der Waals surface area (Å²) in [6.45, 7) is 4.13. The van der Waals surface area contributed by atoms with Gasteiger partial charge in [-0.2, -0.15) is 0 Å². The van der Waals surface area contributed by atoms with Gasteiger partial charge in [0, 0.05) is 13.0 Å². The second-order valence-electron chi connectivity index (χ2n) is 2.21. The van der Waals surface area contributed by atoms with Crippen LogP contribution in [0, 0.1) is 0 Å². The fourth-order valence-corrected chi connectivity index (χ4v) is 0.633. The van der Waals surface area contributed by atoms with E-state index in [9.17, 15) is 4.79 Å². The quantitative estimate of drug-likeness (QED) is 0.480. The molecule has 0 unspecified atom stereocenters. The van der Waals surface area contributed by atoms with Crippen LogP contribution >= 0.6 is 0 Å². The molecule has 0 aromatic rings. The average Bonchev–Trinajstić information content (AvgIpc) is 1.98. The minimum absolute atomic E-state index is 0.177. The van der Waals surface area contributed by atoms with Gasteiger partial charge in [-0.15, -0.1) is 0 Å². The maximum atomic E-state index is 10.8. The lowest BCUT2D eigenvalue weighted by atomic mass is 10.2. The molecule has 0 radical (unpaired) electrons. The van der Waals surface area contributed by atoms with Gasteiger partial charge in [-0.3, -0.25) is 10.0 Å². The SMILES string of the molecule is CCCCC(=O)N(O)CC. The van der Waals surface area contributed by atoms with Crippen LogP contribution in [0.3, 0.4) is 0 Å². The predicted molar refractivity (Wildman–Crippen MR) is 38.7 cm³/mol. The topological polar surface area (TPSA) is 40.5 Å². The van der Waals surface area contributed by atoms with Crippen LogP contribution in [0.4, 0.5) is 0 Å².